The van der Waals surface area contributed by atoms with Crippen LogP contribution in [0.1, 0.15) is 33.6 Å². The number of hydrogen-bond acceptors (Lipinski definition) is 5. The van der Waals surface area contributed by atoms with Gasteiger partial charge in [0.1, 0.15) is 5.60 Å². The Morgan fingerprint density at radius 3 is 2.33 bits per heavy atom. The van der Waals surface area contributed by atoms with Crippen LogP contribution in [0.4, 0.5) is 4.79 Å². The van der Waals surface area contributed by atoms with Gasteiger partial charge in [0.15, 0.2) is 0 Å². The molecule has 18 heavy (non-hydrogen) atoms. The van der Waals surface area contributed by atoms with E-state index in [-0.39, 0.29) is 18.6 Å². The number of carbonyl (C=O) groups excluding carboxylic acids is 1. The van der Waals surface area contributed by atoms with Crippen LogP contribution in [0.2, 0.25) is 0 Å². The maximum absolute atomic E-state index is 11.4. The van der Waals surface area contributed by atoms with Crippen LogP contribution in [0.3, 0.4) is 0 Å². The Kier molecular flexibility index (Phi) is 4.61. The summed E-state index contributed by atoms with van der Waals surface area (Å²) in [4.78, 5) is 11.4. The first kappa shape index (κ1) is 15.2. The standard InChI is InChI=1S/C11H21NO5S/c1-11(2,3)17-10(13)12-9-5-8(6-9)7-16-18(4,14)15/h8-9H,5-7H2,1-4H3,(H,12,13)/t8-,9-. The smallest absolute Gasteiger partial charge is 0.407 e. The molecule has 0 unspecified atom stereocenters. The maximum atomic E-state index is 11.4. The molecule has 7 heteroatoms. The highest BCUT2D eigenvalue weighted by Crippen LogP contribution is 2.28. The largest absolute Gasteiger partial charge is 0.444 e. The Balaban J connectivity index is 2.18. The Morgan fingerprint density at radius 1 is 1.33 bits per heavy atom. The molecule has 1 N–H and O–H groups in total. The molecule has 1 fully saturated rings. The van der Waals surface area contributed by atoms with Gasteiger partial charge < -0.3 is 10.1 Å². The summed E-state index contributed by atoms with van der Waals surface area (Å²) in [5, 5.41) is 2.73. The summed E-state index contributed by atoms with van der Waals surface area (Å²) in [6, 6.07) is 0.0491. The van der Waals surface area contributed by atoms with Crippen LogP contribution in [0.25, 0.3) is 0 Å². The van der Waals surface area contributed by atoms with Crippen molar-refractivity contribution in [2.45, 2.75) is 45.3 Å². The van der Waals surface area contributed by atoms with Crippen LogP contribution >= 0.6 is 0 Å². The molecule has 6 nitrogen and oxygen atoms in total. The summed E-state index contributed by atoms with van der Waals surface area (Å²) in [6.45, 7) is 5.59. The van der Waals surface area contributed by atoms with Gasteiger partial charge in [0.05, 0.1) is 12.9 Å². The van der Waals surface area contributed by atoms with E-state index in [2.05, 4.69) is 5.32 Å². The molecule has 1 rings (SSSR count). The van der Waals surface area contributed by atoms with Crippen molar-refractivity contribution in [2.24, 2.45) is 5.92 Å². The molecule has 0 aliphatic heterocycles. The Labute approximate surface area is 108 Å². The fraction of sp³-hybridized carbons (Fsp3) is 0.909. The molecule has 106 valence electrons. The SMILES string of the molecule is CC(C)(C)OC(=O)N[C@H]1C[C@H](COS(C)(=O)=O)C1. The lowest BCUT2D eigenvalue weighted by atomic mass is 9.81. The molecule has 0 heterocycles. The highest BCUT2D eigenvalue weighted by molar-refractivity contribution is 7.85. The molecule has 1 saturated carbocycles. The van der Waals surface area contributed by atoms with Gasteiger partial charge in [-0.15, -0.1) is 0 Å². The van der Waals surface area contributed by atoms with Gasteiger partial charge in [-0.2, -0.15) is 8.42 Å². The van der Waals surface area contributed by atoms with Crippen molar-refractivity contribution in [3.63, 3.8) is 0 Å². The average molecular weight is 279 g/mol. The number of nitrogens with one attached hydrogen (secondary N) is 1. The molecule has 0 aromatic rings. The maximum Gasteiger partial charge on any atom is 0.407 e. The van der Waals surface area contributed by atoms with Crippen LogP contribution < -0.4 is 5.32 Å². The van der Waals surface area contributed by atoms with Gasteiger partial charge in [0.25, 0.3) is 10.1 Å². The van der Waals surface area contributed by atoms with E-state index in [4.69, 9.17) is 8.92 Å². The van der Waals surface area contributed by atoms with Crippen molar-refractivity contribution in [2.75, 3.05) is 12.9 Å². The highest BCUT2D eigenvalue weighted by Gasteiger charge is 2.32. The Bertz CT molecular complexity index is 392. The topological polar surface area (TPSA) is 81.7 Å². The lowest BCUT2D eigenvalue weighted by Crippen LogP contribution is -2.47. The van der Waals surface area contributed by atoms with E-state index < -0.39 is 21.8 Å². The van der Waals surface area contributed by atoms with Crippen molar-refractivity contribution in [1.82, 2.24) is 5.32 Å². The summed E-state index contributed by atoms with van der Waals surface area (Å²) in [5.74, 6) is 0.180. The molecule has 0 aromatic carbocycles. The van der Waals surface area contributed by atoms with Gasteiger partial charge in [0, 0.05) is 6.04 Å². The third kappa shape index (κ3) is 6.20. The first-order valence-electron chi connectivity index (χ1n) is 5.89. The number of carbonyl (C=O) groups is 1. The molecule has 0 aromatic heterocycles. The Morgan fingerprint density at radius 2 is 1.89 bits per heavy atom. The minimum atomic E-state index is -3.37. The fourth-order valence-electron chi connectivity index (χ4n) is 1.68. The van der Waals surface area contributed by atoms with E-state index >= 15 is 0 Å². The zero-order valence-corrected chi connectivity index (χ0v) is 12.0. The predicted molar refractivity (Wildman–Crippen MR) is 66.7 cm³/mol. The minimum Gasteiger partial charge on any atom is -0.444 e. The van der Waals surface area contributed by atoms with E-state index in [1.807, 2.05) is 0 Å². The molecule has 0 bridgehead atoms. The van der Waals surface area contributed by atoms with Gasteiger partial charge in [0.2, 0.25) is 0 Å². The van der Waals surface area contributed by atoms with Gasteiger partial charge in [-0.1, -0.05) is 0 Å². The second-order valence-electron chi connectivity index (χ2n) is 5.67. The molecule has 1 amide bonds. The average Bonchev–Trinajstić information content (AvgIpc) is 2.03. The zero-order valence-electron chi connectivity index (χ0n) is 11.2. The zero-order chi connectivity index (χ0) is 14.0. The quantitative estimate of drug-likeness (QED) is 0.784. The van der Waals surface area contributed by atoms with E-state index in [0.29, 0.717) is 0 Å². The third-order valence-electron chi connectivity index (χ3n) is 2.47. The summed E-state index contributed by atoms with van der Waals surface area (Å²) >= 11 is 0. The summed E-state index contributed by atoms with van der Waals surface area (Å²) in [6.07, 6.45) is 2.03. The minimum absolute atomic E-state index is 0.0491. The molecule has 0 spiro atoms. The lowest BCUT2D eigenvalue weighted by molar-refractivity contribution is 0.0429. The number of hydrogen-bond donors (Lipinski definition) is 1. The van der Waals surface area contributed by atoms with Gasteiger partial charge >= 0.3 is 6.09 Å². The second kappa shape index (κ2) is 5.44. The molecule has 0 atom stereocenters. The van der Waals surface area contributed by atoms with E-state index in [1.54, 1.807) is 20.8 Å². The molecule has 1 aliphatic carbocycles. The van der Waals surface area contributed by atoms with Gasteiger partial charge in [-0.05, 0) is 39.5 Å². The van der Waals surface area contributed by atoms with Crippen LogP contribution in [0.5, 0.6) is 0 Å². The van der Waals surface area contributed by atoms with Crippen LogP contribution in [0, 0.1) is 5.92 Å². The Hall–Kier alpha value is -0.820. The normalized spacial score (nSPS) is 24.2. The summed E-state index contributed by atoms with van der Waals surface area (Å²) in [7, 11) is -3.37. The van der Waals surface area contributed by atoms with Crippen LogP contribution in [-0.2, 0) is 19.0 Å². The molecular formula is C11H21NO5S. The molecular weight excluding hydrogens is 258 g/mol. The molecule has 0 saturated heterocycles. The first-order valence-corrected chi connectivity index (χ1v) is 7.71. The first-order chi connectivity index (χ1) is 8.05. The van der Waals surface area contributed by atoms with Crippen molar-refractivity contribution in [3.05, 3.63) is 0 Å². The number of rotatable bonds is 4. The van der Waals surface area contributed by atoms with E-state index in [0.717, 1.165) is 19.1 Å². The predicted octanol–water partition coefficient (Wildman–Crippen LogP) is 1.27. The number of alkyl carbamates (subject to hydrolysis) is 1. The number of amides is 1. The monoisotopic (exact) mass is 279 g/mol. The van der Waals surface area contributed by atoms with E-state index in [1.165, 1.54) is 0 Å². The van der Waals surface area contributed by atoms with Crippen molar-refractivity contribution in [1.29, 1.82) is 0 Å². The van der Waals surface area contributed by atoms with Crippen molar-refractivity contribution in [3.8, 4) is 0 Å². The third-order valence-corrected chi connectivity index (χ3v) is 3.04. The molecule has 1 aliphatic rings. The van der Waals surface area contributed by atoms with Crippen LogP contribution in [0.15, 0.2) is 0 Å². The van der Waals surface area contributed by atoms with Crippen LogP contribution in [-0.4, -0.2) is 39.0 Å². The summed E-state index contributed by atoms with van der Waals surface area (Å²) in [5.41, 5.74) is -0.507. The molecule has 0 radical (unpaired) electrons. The van der Waals surface area contributed by atoms with E-state index in [9.17, 15) is 13.2 Å². The highest BCUT2D eigenvalue weighted by atomic mass is 32.2. The van der Waals surface area contributed by atoms with Gasteiger partial charge in [-0.25, -0.2) is 4.79 Å². The second-order valence-corrected chi connectivity index (χ2v) is 7.31. The van der Waals surface area contributed by atoms with Crippen molar-refractivity contribution >= 4 is 16.2 Å². The summed E-state index contributed by atoms with van der Waals surface area (Å²) < 4.78 is 31.4. The van der Waals surface area contributed by atoms with Gasteiger partial charge in [-0.3, -0.25) is 4.18 Å². The fourth-order valence-corrected chi connectivity index (χ4v) is 2.12. The van der Waals surface area contributed by atoms with Crippen molar-refractivity contribution < 1.29 is 22.1 Å². The lowest BCUT2D eigenvalue weighted by Gasteiger charge is -2.35. The number of ether oxygens (including phenoxy) is 1.